The number of aromatic nitrogens is 2. The van der Waals surface area contributed by atoms with Gasteiger partial charge in [-0.3, -0.25) is 15.1 Å². The normalized spacial score (nSPS) is 10.5. The number of hydrogen-bond donors (Lipinski definition) is 1. The van der Waals surface area contributed by atoms with E-state index in [0.717, 1.165) is 0 Å². The number of nitrogens with two attached hydrogens (primary N) is 1. The minimum absolute atomic E-state index is 0.0596. The molecule has 2 aromatic heterocycles. The Hall–Kier alpha value is -1.95. The van der Waals surface area contributed by atoms with Crippen molar-refractivity contribution in [1.82, 2.24) is 9.97 Å². The van der Waals surface area contributed by atoms with Crippen LogP contribution in [0.2, 0.25) is 5.15 Å². The Morgan fingerprint density at radius 2 is 2.27 bits per heavy atom. The van der Waals surface area contributed by atoms with E-state index in [9.17, 15) is 10.1 Å². The van der Waals surface area contributed by atoms with Gasteiger partial charge in [0.2, 0.25) is 5.15 Å². The van der Waals surface area contributed by atoms with E-state index < -0.39 is 10.6 Å². The Balaban J connectivity index is 2.90. The van der Waals surface area contributed by atoms with Crippen LogP contribution in [0.25, 0.3) is 11.0 Å². The van der Waals surface area contributed by atoms with Gasteiger partial charge in [-0.15, -0.1) is 0 Å². The number of nitro groups is 1. The van der Waals surface area contributed by atoms with Gasteiger partial charge < -0.3 is 5.73 Å². The van der Waals surface area contributed by atoms with Crippen molar-refractivity contribution in [1.29, 1.82) is 0 Å². The first-order chi connectivity index (χ1) is 7.11. The number of anilines is 1. The van der Waals surface area contributed by atoms with Crippen molar-refractivity contribution in [2.75, 3.05) is 5.73 Å². The van der Waals surface area contributed by atoms with E-state index >= 15 is 0 Å². The molecule has 0 spiro atoms. The van der Waals surface area contributed by atoms with Crippen LogP contribution in [0.4, 0.5) is 11.4 Å². The number of fused-ring (bicyclic) bond motifs is 1. The van der Waals surface area contributed by atoms with E-state index in [1.165, 1.54) is 6.20 Å². The van der Waals surface area contributed by atoms with Crippen molar-refractivity contribution < 1.29 is 4.92 Å². The molecule has 0 saturated carbocycles. The van der Waals surface area contributed by atoms with Crippen LogP contribution in [0.5, 0.6) is 0 Å². The zero-order valence-electron chi connectivity index (χ0n) is 7.35. The zero-order valence-corrected chi connectivity index (χ0v) is 8.10. The minimum Gasteiger partial charge on any atom is -0.391 e. The molecule has 76 valence electrons. The minimum atomic E-state index is -0.668. The van der Waals surface area contributed by atoms with Crippen LogP contribution in [-0.2, 0) is 0 Å². The number of hydrogen-bond acceptors (Lipinski definition) is 5. The lowest BCUT2D eigenvalue weighted by atomic mass is 10.2. The summed E-state index contributed by atoms with van der Waals surface area (Å²) in [5.74, 6) is 0. The highest BCUT2D eigenvalue weighted by atomic mass is 35.5. The molecular formula is C8H5ClN4O2. The van der Waals surface area contributed by atoms with Gasteiger partial charge in [0.15, 0.2) is 0 Å². The fourth-order valence-electron chi connectivity index (χ4n) is 1.25. The molecule has 6 nitrogen and oxygen atoms in total. The van der Waals surface area contributed by atoms with Crippen LogP contribution >= 0.6 is 11.6 Å². The van der Waals surface area contributed by atoms with Gasteiger partial charge in [-0.2, -0.15) is 0 Å². The highest BCUT2D eigenvalue weighted by molar-refractivity contribution is 6.32. The monoisotopic (exact) mass is 224 g/mol. The SMILES string of the molecule is Nc1c([N+](=O)[O-])c(Cl)nc2cccnc12. The van der Waals surface area contributed by atoms with Crippen molar-refractivity contribution in [3.05, 3.63) is 33.6 Å². The van der Waals surface area contributed by atoms with Crippen LogP contribution in [-0.4, -0.2) is 14.9 Å². The Labute approximate surface area is 88.8 Å². The predicted octanol–water partition coefficient (Wildman–Crippen LogP) is 1.77. The maximum absolute atomic E-state index is 10.7. The zero-order chi connectivity index (χ0) is 11.0. The highest BCUT2D eigenvalue weighted by Crippen LogP contribution is 2.33. The molecule has 0 bridgehead atoms. The number of halogens is 1. The van der Waals surface area contributed by atoms with E-state index in [2.05, 4.69) is 9.97 Å². The molecule has 0 fully saturated rings. The summed E-state index contributed by atoms with van der Waals surface area (Å²) in [6, 6.07) is 3.28. The molecule has 0 aliphatic carbocycles. The van der Waals surface area contributed by atoms with Crippen molar-refractivity contribution in [3.8, 4) is 0 Å². The largest absolute Gasteiger partial charge is 0.391 e. The molecule has 15 heavy (non-hydrogen) atoms. The van der Waals surface area contributed by atoms with Gasteiger partial charge in [0.25, 0.3) is 0 Å². The smallest absolute Gasteiger partial charge is 0.331 e. The van der Waals surface area contributed by atoms with Gasteiger partial charge in [-0.25, -0.2) is 4.98 Å². The van der Waals surface area contributed by atoms with E-state index in [1.54, 1.807) is 12.1 Å². The van der Waals surface area contributed by atoms with E-state index in [-0.39, 0.29) is 16.4 Å². The second kappa shape index (κ2) is 3.32. The van der Waals surface area contributed by atoms with Crippen LogP contribution in [0.3, 0.4) is 0 Å². The second-order valence-corrected chi connectivity index (χ2v) is 3.15. The molecule has 0 atom stereocenters. The number of rotatable bonds is 1. The lowest BCUT2D eigenvalue weighted by Crippen LogP contribution is -2.00. The van der Waals surface area contributed by atoms with Crippen molar-refractivity contribution in [3.63, 3.8) is 0 Å². The molecule has 0 saturated heterocycles. The molecular weight excluding hydrogens is 220 g/mol. The van der Waals surface area contributed by atoms with Crippen molar-refractivity contribution in [2.24, 2.45) is 0 Å². The molecule has 0 aromatic carbocycles. The van der Waals surface area contributed by atoms with Gasteiger partial charge >= 0.3 is 5.69 Å². The van der Waals surface area contributed by atoms with Gasteiger partial charge in [0.05, 0.1) is 10.4 Å². The van der Waals surface area contributed by atoms with Crippen LogP contribution in [0, 0.1) is 10.1 Å². The standard InChI is InChI=1S/C8H5ClN4O2/c9-8-7(13(14)15)5(10)6-4(12-8)2-1-3-11-6/h1-3H,(H2,10,12). The molecule has 2 aromatic rings. The summed E-state index contributed by atoms with van der Waals surface area (Å²) in [5, 5.41) is 10.4. The van der Waals surface area contributed by atoms with Crippen LogP contribution < -0.4 is 5.73 Å². The Bertz CT molecular complexity index is 558. The average molecular weight is 225 g/mol. The summed E-state index contributed by atoms with van der Waals surface area (Å²) in [5.41, 5.74) is 5.85. The van der Waals surface area contributed by atoms with Crippen LogP contribution in [0.15, 0.2) is 18.3 Å². The summed E-state index contributed by atoms with van der Waals surface area (Å²) in [4.78, 5) is 17.7. The second-order valence-electron chi connectivity index (χ2n) is 2.79. The third-order valence-corrected chi connectivity index (χ3v) is 2.16. The summed E-state index contributed by atoms with van der Waals surface area (Å²) >= 11 is 5.64. The summed E-state index contributed by atoms with van der Waals surface area (Å²) < 4.78 is 0. The van der Waals surface area contributed by atoms with Gasteiger partial charge in [-0.1, -0.05) is 11.6 Å². The first-order valence-corrected chi connectivity index (χ1v) is 4.33. The van der Waals surface area contributed by atoms with Crippen molar-refractivity contribution >= 4 is 34.0 Å². The number of nitrogens with zero attached hydrogens (tertiary/aromatic N) is 3. The maximum atomic E-state index is 10.7. The molecule has 0 amide bonds. The molecule has 2 rings (SSSR count). The lowest BCUT2D eigenvalue weighted by molar-refractivity contribution is -0.383. The van der Waals surface area contributed by atoms with E-state index in [4.69, 9.17) is 17.3 Å². The van der Waals surface area contributed by atoms with E-state index in [0.29, 0.717) is 5.52 Å². The molecule has 2 heterocycles. The van der Waals surface area contributed by atoms with Gasteiger partial charge in [0, 0.05) is 6.20 Å². The van der Waals surface area contributed by atoms with Crippen LogP contribution in [0.1, 0.15) is 0 Å². The molecule has 0 unspecified atom stereocenters. The topological polar surface area (TPSA) is 94.9 Å². The molecule has 2 N–H and O–H groups in total. The van der Waals surface area contributed by atoms with Crippen molar-refractivity contribution in [2.45, 2.75) is 0 Å². The summed E-state index contributed by atoms with van der Waals surface area (Å²) in [6.07, 6.45) is 1.48. The third-order valence-electron chi connectivity index (χ3n) is 1.89. The fourth-order valence-corrected chi connectivity index (χ4v) is 1.51. The third kappa shape index (κ3) is 1.44. The first-order valence-electron chi connectivity index (χ1n) is 3.95. The van der Waals surface area contributed by atoms with E-state index in [1.807, 2.05) is 0 Å². The lowest BCUT2D eigenvalue weighted by Gasteiger charge is -2.02. The Morgan fingerprint density at radius 1 is 1.53 bits per heavy atom. The molecule has 7 heteroatoms. The Morgan fingerprint density at radius 3 is 2.93 bits per heavy atom. The molecule has 0 aliphatic rings. The average Bonchev–Trinajstić information content (AvgIpc) is 2.17. The quantitative estimate of drug-likeness (QED) is 0.453. The number of nitrogen functional groups attached to an aromatic ring is 1. The molecule has 0 radical (unpaired) electrons. The Kier molecular flexibility index (Phi) is 2.12. The van der Waals surface area contributed by atoms with Gasteiger partial charge in [0.1, 0.15) is 11.2 Å². The van der Waals surface area contributed by atoms with Gasteiger partial charge in [-0.05, 0) is 12.1 Å². The number of pyridine rings is 2. The summed E-state index contributed by atoms with van der Waals surface area (Å²) in [6.45, 7) is 0. The first kappa shape index (κ1) is 9.60. The molecule has 0 aliphatic heterocycles. The summed E-state index contributed by atoms with van der Waals surface area (Å²) in [7, 11) is 0. The fraction of sp³-hybridized carbons (Fsp3) is 0. The predicted molar refractivity (Wildman–Crippen MR) is 55.6 cm³/mol. The maximum Gasteiger partial charge on any atom is 0.331 e. The highest BCUT2D eigenvalue weighted by Gasteiger charge is 2.21.